The minimum absolute atomic E-state index is 0.0647. The van der Waals surface area contributed by atoms with E-state index in [4.69, 9.17) is 9.84 Å². The number of aromatic nitrogens is 1. The number of carbonyl (C=O) groups is 2. The first-order chi connectivity index (χ1) is 16.6. The van der Waals surface area contributed by atoms with Crippen LogP contribution in [0, 0.1) is 5.82 Å². The number of carboxylic acids is 1. The summed E-state index contributed by atoms with van der Waals surface area (Å²) < 4.78 is 61.7. The van der Waals surface area contributed by atoms with Crippen molar-refractivity contribution in [3.8, 4) is 5.75 Å². The lowest BCUT2D eigenvalue weighted by molar-refractivity contribution is -0.266. The van der Waals surface area contributed by atoms with Crippen molar-refractivity contribution < 1.29 is 42.1 Å². The summed E-state index contributed by atoms with van der Waals surface area (Å²) in [6.07, 6.45) is -6.64. The van der Waals surface area contributed by atoms with Crippen LogP contribution in [-0.4, -0.2) is 52.5 Å². The molecule has 0 saturated carbocycles. The molecule has 3 aromatic rings. The van der Waals surface area contributed by atoms with E-state index in [-0.39, 0.29) is 22.6 Å². The maximum Gasteiger partial charge on any atom is 0.417 e. The Morgan fingerprint density at radius 3 is 2.39 bits per heavy atom. The van der Waals surface area contributed by atoms with E-state index in [9.17, 15) is 32.3 Å². The minimum atomic E-state index is -5.02. The van der Waals surface area contributed by atoms with Crippen LogP contribution in [-0.2, 0) is 16.6 Å². The summed E-state index contributed by atoms with van der Waals surface area (Å²) in [7, 11) is 1.32. The molecule has 1 unspecified atom stereocenters. The normalized spacial score (nSPS) is 13.9. The maximum absolute atomic E-state index is 14.2. The lowest BCUT2D eigenvalue weighted by atomic mass is 9.73. The van der Waals surface area contributed by atoms with E-state index in [0.29, 0.717) is 10.9 Å². The Bertz CT molecular complexity index is 1290. The van der Waals surface area contributed by atoms with Gasteiger partial charge in [0.2, 0.25) is 0 Å². The highest BCUT2D eigenvalue weighted by atomic mass is 19.4. The Labute approximate surface area is 204 Å². The number of hydrogen-bond donors (Lipinski definition) is 4. The Balaban J connectivity index is 1.93. The van der Waals surface area contributed by atoms with Crippen molar-refractivity contribution in [1.82, 2.24) is 10.3 Å². The van der Waals surface area contributed by atoms with Crippen LogP contribution in [0.15, 0.2) is 42.5 Å². The number of alkyl halides is 3. The summed E-state index contributed by atoms with van der Waals surface area (Å²) in [5.74, 6) is -2.32. The topological polar surface area (TPSA) is 112 Å². The molecule has 0 spiro atoms. The highest BCUT2D eigenvalue weighted by molar-refractivity contribution is 5.99. The van der Waals surface area contributed by atoms with Crippen molar-refractivity contribution in [2.24, 2.45) is 0 Å². The molecule has 4 N–H and O–H groups in total. The number of aliphatic carboxylic acids is 1. The number of aromatic amines is 1. The molecule has 0 fully saturated rings. The number of hydrogen-bond acceptors (Lipinski definition) is 4. The number of nitrogens with one attached hydrogen (secondary N) is 2. The standard InChI is InChI=1S/C25H26F4N2O5/c1-23(2,18-10-16(26)5-7-20(18)36-3)13-24(35,25(27,28)29)11-17-9-15-8-14(4-6-19(15)31-17)22(34)30-12-21(32)33/h4-10,31,35H,11-13H2,1-3H3,(H,30,34)(H,32,33). The molecule has 1 heterocycles. The summed E-state index contributed by atoms with van der Waals surface area (Å²) in [6, 6.07) is 9.21. The van der Waals surface area contributed by atoms with Gasteiger partial charge in [0.15, 0.2) is 5.60 Å². The molecule has 3 rings (SSSR count). The second-order valence-corrected chi connectivity index (χ2v) is 9.28. The van der Waals surface area contributed by atoms with E-state index in [0.717, 1.165) is 12.1 Å². The molecular weight excluding hydrogens is 484 g/mol. The molecule has 0 radical (unpaired) electrons. The third-order valence-corrected chi connectivity index (χ3v) is 5.97. The molecule has 11 heteroatoms. The zero-order valence-corrected chi connectivity index (χ0v) is 19.8. The third kappa shape index (κ3) is 5.78. The van der Waals surface area contributed by atoms with Crippen molar-refractivity contribution in [2.75, 3.05) is 13.7 Å². The van der Waals surface area contributed by atoms with Crippen LogP contribution >= 0.6 is 0 Å². The second-order valence-electron chi connectivity index (χ2n) is 9.28. The van der Waals surface area contributed by atoms with Crippen LogP contribution in [0.3, 0.4) is 0 Å². The monoisotopic (exact) mass is 510 g/mol. The quantitative estimate of drug-likeness (QED) is 0.320. The lowest BCUT2D eigenvalue weighted by Crippen LogP contribution is -2.51. The van der Waals surface area contributed by atoms with Crippen molar-refractivity contribution in [3.63, 3.8) is 0 Å². The average molecular weight is 510 g/mol. The van der Waals surface area contributed by atoms with Crippen molar-refractivity contribution in [3.05, 3.63) is 65.1 Å². The van der Waals surface area contributed by atoms with Gasteiger partial charge in [-0.2, -0.15) is 13.2 Å². The zero-order valence-electron chi connectivity index (χ0n) is 19.8. The molecular formula is C25H26F4N2O5. The van der Waals surface area contributed by atoms with Gasteiger partial charge in [-0.3, -0.25) is 9.59 Å². The number of carbonyl (C=O) groups excluding carboxylic acids is 1. The largest absolute Gasteiger partial charge is 0.496 e. The van der Waals surface area contributed by atoms with E-state index >= 15 is 0 Å². The molecule has 2 aromatic carbocycles. The first-order valence-corrected chi connectivity index (χ1v) is 10.9. The highest BCUT2D eigenvalue weighted by Crippen LogP contribution is 2.45. The molecule has 0 aliphatic heterocycles. The number of benzene rings is 2. The van der Waals surface area contributed by atoms with Crippen LogP contribution in [0.5, 0.6) is 5.75 Å². The van der Waals surface area contributed by atoms with Crippen molar-refractivity contribution in [2.45, 2.75) is 43.9 Å². The fourth-order valence-electron chi connectivity index (χ4n) is 4.30. The predicted molar refractivity (Wildman–Crippen MR) is 124 cm³/mol. The van der Waals surface area contributed by atoms with Crippen molar-refractivity contribution in [1.29, 1.82) is 0 Å². The molecule has 0 aliphatic rings. The molecule has 194 valence electrons. The van der Waals surface area contributed by atoms with E-state index in [2.05, 4.69) is 10.3 Å². The summed E-state index contributed by atoms with van der Waals surface area (Å²) >= 11 is 0. The van der Waals surface area contributed by atoms with Crippen LogP contribution in [0.4, 0.5) is 17.6 Å². The smallest absolute Gasteiger partial charge is 0.417 e. The molecule has 0 saturated heterocycles. The number of H-pyrrole nitrogens is 1. The SMILES string of the molecule is COc1ccc(F)cc1C(C)(C)CC(O)(Cc1cc2cc(C(=O)NCC(=O)O)ccc2[nH]1)C(F)(F)F. The van der Waals surface area contributed by atoms with Gasteiger partial charge in [-0.05, 0) is 54.3 Å². The number of fused-ring (bicyclic) bond motifs is 1. The average Bonchev–Trinajstić information content (AvgIpc) is 3.17. The number of methoxy groups -OCH3 is 1. The number of rotatable bonds is 9. The zero-order chi connectivity index (χ0) is 26.9. The van der Waals surface area contributed by atoms with E-state index in [1.54, 1.807) is 0 Å². The molecule has 7 nitrogen and oxygen atoms in total. The summed E-state index contributed by atoms with van der Waals surface area (Å²) in [5, 5.41) is 22.2. The van der Waals surface area contributed by atoms with E-state index in [1.807, 2.05) is 0 Å². The molecule has 1 atom stereocenters. The number of halogens is 4. The number of aliphatic hydroxyl groups is 1. The Hall–Kier alpha value is -3.60. The van der Waals surface area contributed by atoms with E-state index in [1.165, 1.54) is 51.3 Å². The molecule has 1 aromatic heterocycles. The molecule has 0 bridgehead atoms. The van der Waals surface area contributed by atoms with Gasteiger partial charge >= 0.3 is 12.1 Å². The number of ether oxygens (including phenoxy) is 1. The minimum Gasteiger partial charge on any atom is -0.496 e. The predicted octanol–water partition coefficient (Wildman–Crippen LogP) is 4.33. The maximum atomic E-state index is 14.2. The van der Waals surface area contributed by atoms with Crippen LogP contribution < -0.4 is 10.1 Å². The van der Waals surface area contributed by atoms with Gasteiger partial charge in [0.1, 0.15) is 18.1 Å². The fraction of sp³-hybridized carbons (Fsp3) is 0.360. The number of amides is 1. The summed E-state index contributed by atoms with van der Waals surface area (Å²) in [6.45, 7) is 2.35. The second kappa shape index (κ2) is 9.81. The fourth-order valence-corrected chi connectivity index (χ4v) is 4.30. The summed E-state index contributed by atoms with van der Waals surface area (Å²) in [5.41, 5.74) is -3.72. The molecule has 0 aliphatic carbocycles. The first kappa shape index (κ1) is 27.0. The van der Waals surface area contributed by atoms with Crippen LogP contribution in [0.25, 0.3) is 10.9 Å². The third-order valence-electron chi connectivity index (χ3n) is 5.97. The van der Waals surface area contributed by atoms with Gasteiger partial charge in [0, 0.05) is 34.1 Å². The van der Waals surface area contributed by atoms with Gasteiger partial charge in [0.05, 0.1) is 7.11 Å². The molecule has 1 amide bonds. The Morgan fingerprint density at radius 2 is 1.78 bits per heavy atom. The van der Waals surface area contributed by atoms with E-state index < -0.39 is 54.3 Å². The van der Waals surface area contributed by atoms with Gasteiger partial charge in [-0.25, -0.2) is 4.39 Å². The van der Waals surface area contributed by atoms with Gasteiger partial charge in [-0.15, -0.1) is 0 Å². The van der Waals surface area contributed by atoms with Crippen molar-refractivity contribution >= 4 is 22.8 Å². The summed E-state index contributed by atoms with van der Waals surface area (Å²) in [4.78, 5) is 25.6. The highest BCUT2D eigenvalue weighted by Gasteiger charge is 2.56. The Morgan fingerprint density at radius 1 is 1.08 bits per heavy atom. The number of carboxylic acid groups (broad SMARTS) is 1. The first-order valence-electron chi connectivity index (χ1n) is 10.9. The van der Waals surface area contributed by atoms with Gasteiger partial charge < -0.3 is 25.3 Å². The van der Waals surface area contributed by atoms with Gasteiger partial charge in [0.25, 0.3) is 5.91 Å². The lowest BCUT2D eigenvalue weighted by Gasteiger charge is -2.38. The van der Waals surface area contributed by atoms with Crippen LogP contribution in [0.1, 0.15) is 41.9 Å². The Kier molecular flexibility index (Phi) is 7.35. The van der Waals surface area contributed by atoms with Gasteiger partial charge in [-0.1, -0.05) is 13.8 Å². The molecule has 36 heavy (non-hydrogen) atoms. The van der Waals surface area contributed by atoms with Crippen LogP contribution in [0.2, 0.25) is 0 Å².